The van der Waals surface area contributed by atoms with Crippen LogP contribution in [0.1, 0.15) is 49.4 Å². The third-order valence-corrected chi connectivity index (χ3v) is 4.69. The van der Waals surface area contributed by atoms with Crippen LogP contribution < -0.4 is 5.43 Å². The van der Waals surface area contributed by atoms with Gasteiger partial charge in [0.2, 0.25) is 5.88 Å². The molecule has 0 saturated carbocycles. The van der Waals surface area contributed by atoms with E-state index in [2.05, 4.69) is 10.5 Å². The molecule has 33 heavy (non-hydrogen) atoms. The Balaban J connectivity index is 0.00000187. The van der Waals surface area contributed by atoms with E-state index in [1.807, 2.05) is 33.8 Å². The number of nitrogens with zero attached hydrogens (tertiary/aromatic N) is 3. The van der Waals surface area contributed by atoms with Gasteiger partial charge in [0.1, 0.15) is 6.42 Å². The Labute approximate surface area is 190 Å². The van der Waals surface area contributed by atoms with E-state index in [1.54, 1.807) is 18.2 Å². The molecule has 0 saturated heterocycles. The molecule has 9 heteroatoms. The SMILES string of the molecule is C/C(=N\NC(=O)CC#N)c1c(O)n(-c2cc(C)cc(C)c2)c2cc(C(F)(F)F)ccc12.CC. The second-order valence-corrected chi connectivity index (χ2v) is 7.18. The number of benzene rings is 2. The molecule has 1 aromatic heterocycles. The van der Waals surface area contributed by atoms with Gasteiger partial charge >= 0.3 is 6.18 Å². The van der Waals surface area contributed by atoms with Crippen molar-refractivity contribution >= 4 is 22.5 Å². The lowest BCUT2D eigenvalue weighted by Crippen LogP contribution is -2.18. The van der Waals surface area contributed by atoms with Gasteiger partial charge in [-0.1, -0.05) is 26.0 Å². The first-order chi connectivity index (χ1) is 15.5. The second kappa shape index (κ2) is 10.2. The molecule has 2 aromatic carbocycles. The number of aryl methyl sites for hydroxylation is 2. The summed E-state index contributed by atoms with van der Waals surface area (Å²) in [4.78, 5) is 11.6. The molecule has 0 aliphatic carbocycles. The Morgan fingerprint density at radius 3 is 2.30 bits per heavy atom. The summed E-state index contributed by atoms with van der Waals surface area (Å²) in [5.41, 5.74) is 4.09. The zero-order valence-corrected chi connectivity index (χ0v) is 19.0. The number of aromatic nitrogens is 1. The first kappa shape index (κ1) is 25.5. The molecule has 1 heterocycles. The minimum absolute atomic E-state index is 0.144. The summed E-state index contributed by atoms with van der Waals surface area (Å²) in [5.74, 6) is -0.950. The predicted molar refractivity (Wildman–Crippen MR) is 121 cm³/mol. The molecular weight excluding hydrogens is 433 g/mol. The molecule has 6 nitrogen and oxygen atoms in total. The summed E-state index contributed by atoms with van der Waals surface area (Å²) in [7, 11) is 0. The molecule has 0 aliphatic rings. The summed E-state index contributed by atoms with van der Waals surface area (Å²) in [6.07, 6.45) is -4.96. The molecular formula is C24H25F3N4O2. The number of carbonyl (C=O) groups is 1. The monoisotopic (exact) mass is 458 g/mol. The van der Waals surface area contributed by atoms with Crippen molar-refractivity contribution in [2.45, 2.75) is 47.2 Å². The van der Waals surface area contributed by atoms with Crippen LogP contribution in [0.3, 0.4) is 0 Å². The molecule has 1 amide bonds. The fourth-order valence-corrected chi connectivity index (χ4v) is 3.46. The Bertz CT molecular complexity index is 1230. The van der Waals surface area contributed by atoms with Gasteiger partial charge in [0.05, 0.1) is 28.4 Å². The zero-order valence-electron chi connectivity index (χ0n) is 19.0. The van der Waals surface area contributed by atoms with Crippen molar-refractivity contribution in [2.24, 2.45) is 5.10 Å². The van der Waals surface area contributed by atoms with Gasteiger partial charge in [-0.05, 0) is 56.2 Å². The molecule has 0 fully saturated rings. The molecule has 174 valence electrons. The van der Waals surface area contributed by atoms with Crippen molar-refractivity contribution in [3.8, 4) is 17.6 Å². The van der Waals surface area contributed by atoms with Gasteiger partial charge in [-0.25, -0.2) is 5.43 Å². The maximum atomic E-state index is 13.4. The Hall–Kier alpha value is -3.80. The smallest absolute Gasteiger partial charge is 0.416 e. The fraction of sp³-hybridized carbons (Fsp3) is 0.292. The van der Waals surface area contributed by atoms with E-state index in [0.717, 1.165) is 23.3 Å². The Kier molecular flexibility index (Phi) is 7.88. The lowest BCUT2D eigenvalue weighted by atomic mass is 10.1. The van der Waals surface area contributed by atoms with Crippen LogP contribution in [0, 0.1) is 25.2 Å². The third-order valence-electron chi connectivity index (χ3n) is 4.69. The Morgan fingerprint density at radius 1 is 1.15 bits per heavy atom. The van der Waals surface area contributed by atoms with Gasteiger partial charge in [-0.2, -0.15) is 23.5 Å². The van der Waals surface area contributed by atoms with Gasteiger partial charge in [0.15, 0.2) is 0 Å². The van der Waals surface area contributed by atoms with Crippen molar-refractivity contribution in [1.29, 1.82) is 5.26 Å². The number of hydrogen-bond donors (Lipinski definition) is 2. The average Bonchev–Trinajstić information content (AvgIpc) is 3.03. The fourth-order valence-electron chi connectivity index (χ4n) is 3.46. The number of carbonyl (C=O) groups excluding carboxylic acids is 1. The summed E-state index contributed by atoms with van der Waals surface area (Å²) in [6, 6.07) is 10.3. The van der Waals surface area contributed by atoms with Gasteiger partial charge in [-0.3, -0.25) is 9.36 Å². The van der Waals surface area contributed by atoms with Gasteiger partial charge in [0.25, 0.3) is 5.91 Å². The van der Waals surface area contributed by atoms with Crippen molar-refractivity contribution in [2.75, 3.05) is 0 Å². The second-order valence-electron chi connectivity index (χ2n) is 7.18. The zero-order chi connectivity index (χ0) is 24.9. The van der Waals surface area contributed by atoms with E-state index >= 15 is 0 Å². The van der Waals surface area contributed by atoms with Crippen LogP contribution in [0.5, 0.6) is 5.88 Å². The summed E-state index contributed by atoms with van der Waals surface area (Å²) < 4.78 is 41.4. The predicted octanol–water partition coefficient (Wildman–Crippen LogP) is 5.75. The highest BCUT2D eigenvalue weighted by molar-refractivity contribution is 6.13. The van der Waals surface area contributed by atoms with E-state index in [1.165, 1.54) is 17.6 Å². The Morgan fingerprint density at radius 2 is 1.76 bits per heavy atom. The average molecular weight is 458 g/mol. The number of alkyl halides is 3. The highest BCUT2D eigenvalue weighted by Gasteiger charge is 2.32. The standard InChI is InChI=1S/C22H19F3N4O2.C2H6/c1-12-8-13(2)10-16(9-12)29-18-11-15(22(23,24)25)4-5-17(18)20(21(29)31)14(3)27-28-19(30)6-7-26;1-2/h4-5,8-11,31H,6H2,1-3H3,(H,28,30);1-2H3/b27-14+;. The molecule has 3 rings (SSSR count). The molecule has 3 aromatic rings. The summed E-state index contributed by atoms with van der Waals surface area (Å²) >= 11 is 0. The van der Waals surface area contributed by atoms with Crippen molar-refractivity contribution < 1.29 is 23.1 Å². The van der Waals surface area contributed by atoms with Crippen LogP contribution in [-0.4, -0.2) is 21.3 Å². The number of fused-ring (bicyclic) bond motifs is 1. The summed E-state index contributed by atoms with van der Waals surface area (Å²) in [6.45, 7) is 9.20. The van der Waals surface area contributed by atoms with Crippen LogP contribution in [-0.2, 0) is 11.0 Å². The maximum absolute atomic E-state index is 13.4. The number of rotatable bonds is 4. The molecule has 2 N–H and O–H groups in total. The van der Waals surface area contributed by atoms with Crippen LogP contribution in [0.25, 0.3) is 16.6 Å². The van der Waals surface area contributed by atoms with Gasteiger partial charge in [-0.15, -0.1) is 0 Å². The minimum atomic E-state index is -4.56. The lowest BCUT2D eigenvalue weighted by Gasteiger charge is -2.11. The van der Waals surface area contributed by atoms with Gasteiger partial charge < -0.3 is 5.11 Å². The molecule has 0 radical (unpaired) electrons. The number of nitriles is 1. The molecule has 0 spiro atoms. The first-order valence-electron chi connectivity index (χ1n) is 10.3. The number of amides is 1. The number of aromatic hydroxyl groups is 1. The van der Waals surface area contributed by atoms with Crippen molar-refractivity contribution in [3.05, 3.63) is 58.7 Å². The lowest BCUT2D eigenvalue weighted by molar-refractivity contribution is -0.137. The maximum Gasteiger partial charge on any atom is 0.416 e. The van der Waals surface area contributed by atoms with E-state index in [-0.39, 0.29) is 22.7 Å². The number of nitrogens with one attached hydrogen (secondary N) is 1. The topological polar surface area (TPSA) is 90.4 Å². The number of hydrogen-bond acceptors (Lipinski definition) is 4. The van der Waals surface area contributed by atoms with Crippen LogP contribution in [0.2, 0.25) is 0 Å². The highest BCUT2D eigenvalue weighted by Crippen LogP contribution is 2.39. The van der Waals surface area contributed by atoms with E-state index < -0.39 is 24.1 Å². The first-order valence-corrected chi connectivity index (χ1v) is 10.3. The highest BCUT2D eigenvalue weighted by atomic mass is 19.4. The van der Waals surface area contributed by atoms with E-state index in [9.17, 15) is 23.1 Å². The minimum Gasteiger partial charge on any atom is -0.494 e. The van der Waals surface area contributed by atoms with Crippen LogP contribution in [0.15, 0.2) is 41.5 Å². The normalized spacial score (nSPS) is 11.5. The van der Waals surface area contributed by atoms with E-state index in [4.69, 9.17) is 5.26 Å². The van der Waals surface area contributed by atoms with Crippen molar-refractivity contribution in [1.82, 2.24) is 9.99 Å². The molecule has 0 unspecified atom stereocenters. The van der Waals surface area contributed by atoms with Crippen molar-refractivity contribution in [3.63, 3.8) is 0 Å². The number of halogens is 3. The van der Waals surface area contributed by atoms with Crippen LogP contribution in [0.4, 0.5) is 13.2 Å². The van der Waals surface area contributed by atoms with Gasteiger partial charge in [0, 0.05) is 11.1 Å². The van der Waals surface area contributed by atoms with E-state index in [0.29, 0.717) is 11.1 Å². The molecule has 0 aliphatic heterocycles. The van der Waals surface area contributed by atoms with Crippen LogP contribution >= 0.6 is 0 Å². The number of hydrazone groups is 1. The third kappa shape index (κ3) is 5.52. The summed E-state index contributed by atoms with van der Waals surface area (Å²) in [5, 5.41) is 23.8. The largest absolute Gasteiger partial charge is 0.494 e. The molecule has 0 bridgehead atoms. The quantitative estimate of drug-likeness (QED) is 0.385. The molecule has 0 atom stereocenters.